The van der Waals surface area contributed by atoms with E-state index in [-0.39, 0.29) is 0 Å². The van der Waals surface area contributed by atoms with Crippen LogP contribution in [0.15, 0.2) is 45.3 Å². The second-order valence-corrected chi connectivity index (χ2v) is 7.71. The van der Waals surface area contributed by atoms with Crippen LogP contribution in [0.1, 0.15) is 17.1 Å². The minimum atomic E-state index is 0.598. The van der Waals surface area contributed by atoms with Gasteiger partial charge in [-0.2, -0.15) is 0 Å². The van der Waals surface area contributed by atoms with Gasteiger partial charge in [0.2, 0.25) is 0 Å². The molecule has 1 N–H and O–H groups in total. The maximum absolute atomic E-state index is 6.30. The Hall–Kier alpha value is -0.810. The first-order valence-electron chi connectivity index (χ1n) is 6.89. The number of aromatic nitrogens is 2. The van der Waals surface area contributed by atoms with Gasteiger partial charge in [0.25, 0.3) is 0 Å². The smallest absolute Gasteiger partial charge is 0.111 e. The van der Waals surface area contributed by atoms with E-state index in [1.165, 1.54) is 0 Å². The van der Waals surface area contributed by atoms with E-state index in [2.05, 4.69) is 36.8 Å². The summed E-state index contributed by atoms with van der Waals surface area (Å²) in [7, 11) is 0. The SMILES string of the molecule is Cc1[nH]c(Cc2c(Br)cccc2Br)nc1-c1ccc(Cl)cc1Cl. The molecule has 3 aromatic rings. The Morgan fingerprint density at radius 1 is 1.09 bits per heavy atom. The molecule has 2 nitrogen and oxygen atoms in total. The topological polar surface area (TPSA) is 28.7 Å². The minimum absolute atomic E-state index is 0.598. The summed E-state index contributed by atoms with van der Waals surface area (Å²) < 4.78 is 2.10. The van der Waals surface area contributed by atoms with Crippen molar-refractivity contribution in [2.75, 3.05) is 0 Å². The van der Waals surface area contributed by atoms with Gasteiger partial charge in [-0.25, -0.2) is 4.98 Å². The normalized spacial score (nSPS) is 11.0. The van der Waals surface area contributed by atoms with E-state index < -0.39 is 0 Å². The number of aryl methyl sites for hydroxylation is 1. The average molecular weight is 475 g/mol. The zero-order valence-corrected chi connectivity index (χ0v) is 16.8. The molecule has 0 saturated carbocycles. The van der Waals surface area contributed by atoms with E-state index in [0.29, 0.717) is 16.5 Å². The van der Waals surface area contributed by atoms with E-state index in [0.717, 1.165) is 37.3 Å². The predicted octanol–water partition coefficient (Wildman–Crippen LogP) is 6.81. The van der Waals surface area contributed by atoms with Crippen LogP contribution in [0.5, 0.6) is 0 Å². The van der Waals surface area contributed by atoms with Gasteiger partial charge >= 0.3 is 0 Å². The van der Waals surface area contributed by atoms with Crippen LogP contribution in [0.4, 0.5) is 0 Å². The van der Waals surface area contributed by atoms with Crippen molar-refractivity contribution < 1.29 is 0 Å². The highest BCUT2D eigenvalue weighted by Crippen LogP contribution is 2.32. The zero-order chi connectivity index (χ0) is 16.6. The van der Waals surface area contributed by atoms with Gasteiger partial charge in [-0.3, -0.25) is 0 Å². The number of hydrogen-bond acceptors (Lipinski definition) is 1. The van der Waals surface area contributed by atoms with Gasteiger partial charge in [0.1, 0.15) is 5.82 Å². The van der Waals surface area contributed by atoms with Crippen LogP contribution in [0.2, 0.25) is 10.0 Å². The monoisotopic (exact) mass is 472 g/mol. The highest BCUT2D eigenvalue weighted by molar-refractivity contribution is 9.11. The lowest BCUT2D eigenvalue weighted by Gasteiger charge is -2.05. The second kappa shape index (κ2) is 6.98. The van der Waals surface area contributed by atoms with Crippen molar-refractivity contribution in [2.24, 2.45) is 0 Å². The van der Waals surface area contributed by atoms with Crippen LogP contribution in [-0.4, -0.2) is 9.97 Å². The summed E-state index contributed by atoms with van der Waals surface area (Å²) >= 11 is 19.4. The summed E-state index contributed by atoms with van der Waals surface area (Å²) in [6.07, 6.45) is 0.689. The molecule has 0 unspecified atom stereocenters. The fourth-order valence-corrected chi connectivity index (χ4v) is 4.20. The third kappa shape index (κ3) is 3.66. The quantitative estimate of drug-likeness (QED) is 0.444. The van der Waals surface area contributed by atoms with E-state index in [1.807, 2.05) is 37.3 Å². The van der Waals surface area contributed by atoms with Gasteiger partial charge in [0.05, 0.1) is 10.7 Å². The van der Waals surface area contributed by atoms with Crippen molar-refractivity contribution in [3.8, 4) is 11.3 Å². The molecule has 0 aliphatic carbocycles. The molecule has 1 aromatic heterocycles. The lowest BCUT2D eigenvalue weighted by Crippen LogP contribution is -1.93. The van der Waals surface area contributed by atoms with Crippen molar-refractivity contribution >= 4 is 55.1 Å². The highest BCUT2D eigenvalue weighted by atomic mass is 79.9. The van der Waals surface area contributed by atoms with Crippen molar-refractivity contribution in [1.29, 1.82) is 0 Å². The molecule has 0 aliphatic rings. The molecule has 3 rings (SSSR count). The summed E-state index contributed by atoms with van der Waals surface area (Å²) in [6.45, 7) is 1.99. The van der Waals surface area contributed by atoms with Crippen LogP contribution >= 0.6 is 55.1 Å². The standard InChI is InChI=1S/C17H12Br2Cl2N2/c1-9-17(11-6-5-10(20)7-15(11)21)23-16(22-9)8-12-13(18)3-2-4-14(12)19/h2-7H,8H2,1H3,(H,22,23). The number of aromatic amines is 1. The molecule has 118 valence electrons. The van der Waals surface area contributed by atoms with E-state index >= 15 is 0 Å². The van der Waals surface area contributed by atoms with Crippen molar-refractivity contribution in [3.63, 3.8) is 0 Å². The summed E-state index contributed by atoms with van der Waals surface area (Å²) in [5.41, 5.74) is 3.86. The molecule has 0 atom stereocenters. The van der Waals surface area contributed by atoms with Crippen LogP contribution in [-0.2, 0) is 6.42 Å². The van der Waals surface area contributed by atoms with Crippen molar-refractivity contribution in [2.45, 2.75) is 13.3 Å². The number of hydrogen-bond donors (Lipinski definition) is 1. The van der Waals surface area contributed by atoms with Gasteiger partial charge in [0.15, 0.2) is 0 Å². The first kappa shape index (κ1) is 17.0. The number of H-pyrrole nitrogens is 1. The molecule has 23 heavy (non-hydrogen) atoms. The Morgan fingerprint density at radius 3 is 2.43 bits per heavy atom. The van der Waals surface area contributed by atoms with E-state index in [9.17, 15) is 0 Å². The van der Waals surface area contributed by atoms with Gasteiger partial charge in [-0.1, -0.05) is 61.1 Å². The summed E-state index contributed by atoms with van der Waals surface area (Å²) in [5, 5.41) is 1.21. The first-order chi connectivity index (χ1) is 11.0. The van der Waals surface area contributed by atoms with Crippen LogP contribution in [0.25, 0.3) is 11.3 Å². The predicted molar refractivity (Wildman–Crippen MR) is 103 cm³/mol. The van der Waals surface area contributed by atoms with Crippen molar-refractivity contribution in [3.05, 3.63) is 72.5 Å². The van der Waals surface area contributed by atoms with Gasteiger partial charge in [0, 0.05) is 31.6 Å². The molecule has 0 aliphatic heterocycles. The number of halogens is 4. The van der Waals surface area contributed by atoms with E-state index in [1.54, 1.807) is 6.07 Å². The number of nitrogens with zero attached hydrogens (tertiary/aromatic N) is 1. The third-order valence-corrected chi connectivity index (χ3v) is 5.56. The average Bonchev–Trinajstić information content (AvgIpc) is 2.84. The zero-order valence-electron chi connectivity index (χ0n) is 12.1. The summed E-state index contributed by atoms with van der Waals surface area (Å²) in [5.74, 6) is 0.885. The molecular formula is C17H12Br2Cl2N2. The molecule has 6 heteroatoms. The Balaban J connectivity index is 1.98. The lowest BCUT2D eigenvalue weighted by molar-refractivity contribution is 1.01. The Kier molecular flexibility index (Phi) is 5.16. The number of imidazole rings is 1. The number of nitrogens with one attached hydrogen (secondary N) is 1. The minimum Gasteiger partial charge on any atom is -0.345 e. The third-order valence-electron chi connectivity index (χ3n) is 3.53. The molecule has 0 radical (unpaired) electrons. The number of rotatable bonds is 3. The van der Waals surface area contributed by atoms with Crippen LogP contribution in [0, 0.1) is 6.92 Å². The maximum atomic E-state index is 6.30. The Bertz CT molecular complexity index is 855. The van der Waals surface area contributed by atoms with Gasteiger partial charge in [-0.15, -0.1) is 0 Å². The second-order valence-electron chi connectivity index (χ2n) is 5.16. The Labute approximate surface area is 161 Å². The molecule has 0 fully saturated rings. The summed E-state index contributed by atoms with van der Waals surface area (Å²) in [4.78, 5) is 8.07. The lowest BCUT2D eigenvalue weighted by atomic mass is 10.1. The molecule has 0 bridgehead atoms. The van der Waals surface area contributed by atoms with Crippen LogP contribution in [0.3, 0.4) is 0 Å². The highest BCUT2D eigenvalue weighted by Gasteiger charge is 2.14. The van der Waals surface area contributed by atoms with Crippen molar-refractivity contribution in [1.82, 2.24) is 9.97 Å². The first-order valence-corrected chi connectivity index (χ1v) is 9.23. The van der Waals surface area contributed by atoms with Crippen LogP contribution < -0.4 is 0 Å². The molecule has 0 spiro atoms. The molecule has 0 saturated heterocycles. The molecule has 2 aromatic carbocycles. The summed E-state index contributed by atoms with van der Waals surface area (Å²) in [6, 6.07) is 11.5. The Morgan fingerprint density at radius 2 is 1.78 bits per heavy atom. The van der Waals surface area contributed by atoms with Gasteiger partial charge < -0.3 is 4.98 Å². The number of benzene rings is 2. The molecule has 0 amide bonds. The molecule has 1 heterocycles. The maximum Gasteiger partial charge on any atom is 0.111 e. The van der Waals surface area contributed by atoms with Gasteiger partial charge in [-0.05, 0) is 42.8 Å². The largest absolute Gasteiger partial charge is 0.345 e. The fourth-order valence-electron chi connectivity index (χ4n) is 2.42. The fraction of sp³-hybridized carbons (Fsp3) is 0.118. The van der Waals surface area contributed by atoms with E-state index in [4.69, 9.17) is 28.2 Å². The molecular weight excluding hydrogens is 463 g/mol.